The summed E-state index contributed by atoms with van der Waals surface area (Å²) in [7, 11) is 0. The molecule has 1 aromatic rings. The molecular formula is C14H20N2O2. The number of aliphatic hydroxyl groups excluding tert-OH is 2. The van der Waals surface area contributed by atoms with Gasteiger partial charge in [0.15, 0.2) is 0 Å². The number of nitrogens with zero attached hydrogens (tertiary/aromatic N) is 2. The Kier molecular flexibility index (Phi) is 3.33. The molecule has 18 heavy (non-hydrogen) atoms. The maximum atomic E-state index is 9.72. The van der Waals surface area contributed by atoms with Crippen molar-refractivity contribution in [2.24, 2.45) is 11.8 Å². The van der Waals surface area contributed by atoms with Gasteiger partial charge in [0.05, 0.1) is 12.2 Å². The molecule has 2 N–H and O–H groups in total. The zero-order chi connectivity index (χ0) is 12.5. The van der Waals surface area contributed by atoms with Crippen molar-refractivity contribution in [1.29, 1.82) is 0 Å². The van der Waals surface area contributed by atoms with Crippen LogP contribution >= 0.6 is 0 Å². The van der Waals surface area contributed by atoms with E-state index in [2.05, 4.69) is 9.88 Å². The normalized spacial score (nSPS) is 36.6. The standard InChI is InChI=1S/C14H20N2O2/c17-13-5-11-8-16(9-12(11)6-14(13)18)7-10-1-3-15-4-2-10/h1-4,11-14,17-18H,5-9H2/t11-,12+,13-,14-/m0/s1. The SMILES string of the molecule is O[C@H]1C[C@@H]2CN(Cc3ccncc3)C[C@@H]2C[C@@H]1O. The molecule has 4 nitrogen and oxygen atoms in total. The third kappa shape index (κ3) is 2.41. The number of aliphatic hydroxyl groups is 2. The van der Waals surface area contributed by atoms with Gasteiger partial charge in [-0.25, -0.2) is 0 Å². The Morgan fingerprint density at radius 1 is 1.06 bits per heavy atom. The summed E-state index contributed by atoms with van der Waals surface area (Å²) in [6.45, 7) is 3.02. The van der Waals surface area contributed by atoms with Gasteiger partial charge in [0.1, 0.15) is 0 Å². The van der Waals surface area contributed by atoms with E-state index in [0.29, 0.717) is 11.8 Å². The van der Waals surface area contributed by atoms with Crippen LogP contribution in [0.15, 0.2) is 24.5 Å². The molecule has 1 saturated carbocycles. The Labute approximate surface area is 107 Å². The quantitative estimate of drug-likeness (QED) is 0.806. The molecule has 0 unspecified atom stereocenters. The van der Waals surface area contributed by atoms with Crippen molar-refractivity contribution in [3.05, 3.63) is 30.1 Å². The van der Waals surface area contributed by atoms with Crippen LogP contribution < -0.4 is 0 Å². The molecule has 4 heteroatoms. The number of aromatic nitrogens is 1. The van der Waals surface area contributed by atoms with E-state index < -0.39 is 12.2 Å². The minimum absolute atomic E-state index is 0.521. The van der Waals surface area contributed by atoms with Crippen molar-refractivity contribution >= 4 is 0 Å². The predicted octanol–water partition coefficient (Wildman–Crippen LogP) is 0.645. The molecule has 2 heterocycles. The first-order chi connectivity index (χ1) is 8.72. The third-order valence-corrected chi connectivity index (χ3v) is 4.34. The summed E-state index contributed by atoms with van der Waals surface area (Å²) >= 11 is 0. The first kappa shape index (κ1) is 12.1. The van der Waals surface area contributed by atoms with E-state index in [1.807, 2.05) is 24.5 Å². The average molecular weight is 248 g/mol. The summed E-state index contributed by atoms with van der Waals surface area (Å²) in [5.74, 6) is 1.09. The second kappa shape index (κ2) is 4.96. The molecule has 1 aliphatic carbocycles. The van der Waals surface area contributed by atoms with Gasteiger partial charge in [-0.05, 0) is 42.4 Å². The van der Waals surface area contributed by atoms with Crippen LogP contribution in [0.1, 0.15) is 18.4 Å². The van der Waals surface area contributed by atoms with Crippen LogP contribution in [0.5, 0.6) is 0 Å². The van der Waals surface area contributed by atoms with Crippen molar-refractivity contribution < 1.29 is 10.2 Å². The smallest absolute Gasteiger partial charge is 0.0802 e. The zero-order valence-electron chi connectivity index (χ0n) is 10.4. The van der Waals surface area contributed by atoms with Gasteiger partial charge >= 0.3 is 0 Å². The van der Waals surface area contributed by atoms with Gasteiger partial charge < -0.3 is 10.2 Å². The van der Waals surface area contributed by atoms with Crippen LogP contribution in [0.25, 0.3) is 0 Å². The first-order valence-corrected chi connectivity index (χ1v) is 6.70. The molecule has 0 bridgehead atoms. The Bertz CT molecular complexity index is 380. The highest BCUT2D eigenvalue weighted by molar-refractivity contribution is 5.10. The summed E-state index contributed by atoms with van der Waals surface area (Å²) in [5, 5.41) is 19.4. The van der Waals surface area contributed by atoms with E-state index in [1.165, 1.54) is 5.56 Å². The Morgan fingerprint density at radius 2 is 1.61 bits per heavy atom. The fourth-order valence-corrected chi connectivity index (χ4v) is 3.38. The molecule has 0 aromatic carbocycles. The van der Waals surface area contributed by atoms with Gasteiger partial charge in [-0.2, -0.15) is 0 Å². The highest BCUT2D eigenvalue weighted by Crippen LogP contribution is 2.36. The lowest BCUT2D eigenvalue weighted by molar-refractivity contribution is -0.0372. The van der Waals surface area contributed by atoms with E-state index in [-0.39, 0.29) is 0 Å². The van der Waals surface area contributed by atoms with Crippen molar-refractivity contribution in [3.8, 4) is 0 Å². The van der Waals surface area contributed by atoms with Crippen molar-refractivity contribution in [1.82, 2.24) is 9.88 Å². The Balaban J connectivity index is 1.62. The molecule has 1 aliphatic heterocycles. The molecule has 1 saturated heterocycles. The average Bonchev–Trinajstić information content (AvgIpc) is 2.72. The fourth-order valence-electron chi connectivity index (χ4n) is 3.38. The van der Waals surface area contributed by atoms with Crippen LogP contribution in [0.4, 0.5) is 0 Å². The van der Waals surface area contributed by atoms with Gasteiger partial charge in [0.2, 0.25) is 0 Å². The lowest BCUT2D eigenvalue weighted by atomic mass is 9.79. The summed E-state index contributed by atoms with van der Waals surface area (Å²) in [6.07, 6.45) is 4.11. The van der Waals surface area contributed by atoms with Crippen molar-refractivity contribution in [2.75, 3.05) is 13.1 Å². The van der Waals surface area contributed by atoms with Crippen LogP contribution in [-0.4, -0.2) is 45.4 Å². The molecule has 98 valence electrons. The van der Waals surface area contributed by atoms with E-state index in [0.717, 1.165) is 32.5 Å². The minimum Gasteiger partial charge on any atom is -0.390 e. The molecule has 0 radical (unpaired) electrons. The van der Waals surface area contributed by atoms with Crippen molar-refractivity contribution in [3.63, 3.8) is 0 Å². The topological polar surface area (TPSA) is 56.6 Å². The highest BCUT2D eigenvalue weighted by Gasteiger charge is 2.40. The molecule has 2 aliphatic rings. The minimum atomic E-state index is -0.521. The zero-order valence-corrected chi connectivity index (χ0v) is 10.4. The third-order valence-electron chi connectivity index (χ3n) is 4.34. The monoisotopic (exact) mass is 248 g/mol. The number of rotatable bonds is 2. The number of likely N-dealkylation sites (tertiary alicyclic amines) is 1. The van der Waals surface area contributed by atoms with Crippen LogP contribution in [-0.2, 0) is 6.54 Å². The molecular weight excluding hydrogens is 228 g/mol. The van der Waals surface area contributed by atoms with Gasteiger partial charge in [0.25, 0.3) is 0 Å². The van der Waals surface area contributed by atoms with E-state index >= 15 is 0 Å². The van der Waals surface area contributed by atoms with Gasteiger partial charge in [0, 0.05) is 32.0 Å². The maximum Gasteiger partial charge on any atom is 0.0802 e. The number of hydrogen-bond donors (Lipinski definition) is 2. The maximum absolute atomic E-state index is 9.72. The molecule has 3 rings (SSSR count). The van der Waals surface area contributed by atoms with E-state index in [9.17, 15) is 10.2 Å². The molecule has 0 spiro atoms. The predicted molar refractivity (Wildman–Crippen MR) is 67.7 cm³/mol. The second-order valence-electron chi connectivity index (χ2n) is 5.68. The highest BCUT2D eigenvalue weighted by atomic mass is 16.3. The summed E-state index contributed by atoms with van der Waals surface area (Å²) < 4.78 is 0. The summed E-state index contributed by atoms with van der Waals surface area (Å²) in [6, 6.07) is 4.09. The molecule has 2 fully saturated rings. The fraction of sp³-hybridized carbons (Fsp3) is 0.643. The van der Waals surface area contributed by atoms with Gasteiger partial charge in [-0.15, -0.1) is 0 Å². The van der Waals surface area contributed by atoms with E-state index in [1.54, 1.807) is 0 Å². The Hall–Kier alpha value is -0.970. The van der Waals surface area contributed by atoms with Gasteiger partial charge in [-0.1, -0.05) is 0 Å². The van der Waals surface area contributed by atoms with Crippen LogP contribution in [0, 0.1) is 11.8 Å². The van der Waals surface area contributed by atoms with Crippen molar-refractivity contribution in [2.45, 2.75) is 31.6 Å². The second-order valence-corrected chi connectivity index (χ2v) is 5.68. The number of pyridine rings is 1. The Morgan fingerprint density at radius 3 is 2.17 bits per heavy atom. The summed E-state index contributed by atoms with van der Waals surface area (Å²) in [4.78, 5) is 6.45. The van der Waals surface area contributed by atoms with Gasteiger partial charge in [-0.3, -0.25) is 9.88 Å². The molecule has 0 amide bonds. The molecule has 4 atom stereocenters. The van der Waals surface area contributed by atoms with Crippen LogP contribution in [0.2, 0.25) is 0 Å². The lowest BCUT2D eigenvalue weighted by Gasteiger charge is -2.32. The largest absolute Gasteiger partial charge is 0.390 e. The number of hydrogen-bond acceptors (Lipinski definition) is 4. The van der Waals surface area contributed by atoms with Crippen LogP contribution in [0.3, 0.4) is 0 Å². The number of fused-ring (bicyclic) bond motifs is 1. The first-order valence-electron chi connectivity index (χ1n) is 6.70. The summed E-state index contributed by atoms with van der Waals surface area (Å²) in [5.41, 5.74) is 1.28. The van der Waals surface area contributed by atoms with E-state index in [4.69, 9.17) is 0 Å². The lowest BCUT2D eigenvalue weighted by Crippen LogP contribution is -2.38. The molecule has 1 aromatic heterocycles.